The first-order valence-electron chi connectivity index (χ1n) is 23.7. The normalized spacial score (nSPS) is 19.5. The molecule has 4 unspecified atom stereocenters. The first kappa shape index (κ1) is 49.6. The second-order valence-corrected chi connectivity index (χ2v) is 20.1. The number of pyridine rings is 1. The fourth-order valence-corrected chi connectivity index (χ4v) is 11.0. The van der Waals surface area contributed by atoms with Crippen molar-refractivity contribution in [3.05, 3.63) is 70.8 Å². The Kier molecular flexibility index (Phi) is 16.1. The van der Waals surface area contributed by atoms with E-state index in [4.69, 9.17) is 24.3 Å². The van der Waals surface area contributed by atoms with Crippen LogP contribution in [0.25, 0.3) is 33.4 Å². The van der Waals surface area contributed by atoms with Gasteiger partial charge in [-0.05, 0) is 94.2 Å². The van der Waals surface area contributed by atoms with Gasteiger partial charge >= 0.3 is 5.97 Å². The topological polar surface area (TPSA) is 165 Å². The minimum Gasteiger partial charge on any atom is -0.463 e. The van der Waals surface area contributed by atoms with Gasteiger partial charge in [0.25, 0.3) is 0 Å². The number of hydrogen-bond acceptors (Lipinski definition) is 12. The molecule has 3 fully saturated rings. The van der Waals surface area contributed by atoms with Crippen LogP contribution < -0.4 is 5.32 Å². The third-order valence-corrected chi connectivity index (χ3v) is 14.6. The summed E-state index contributed by atoms with van der Waals surface area (Å²) in [5.74, 6) is -1.53. The number of aldehydes is 1. The number of hydrogen-bond donors (Lipinski definition) is 1. The highest BCUT2D eigenvalue weighted by Crippen LogP contribution is 2.42. The van der Waals surface area contributed by atoms with E-state index >= 15 is 0 Å². The molecule has 1 N–H and O–H groups in total. The standard InChI is InChI=1S/C51H67N7O8S/c1-9-44(60)57-24-21-35(28-57)49(62)56(7)46(33-15-11-12-16-33)48(61)53-36(29-59)26-43-54-40(30-67-43)34-19-20-41-38(25-34)39(27-51(4,5)31-65-50(63)42-18-14-23-55(6)66-42)47(58(41)10-2)37-17-13-22-52-45(37)32(3)64-8/h9,13,17,19-20,22,25,29-30,32-33,35-36,42,46H,1,10-12,14-16,18,21,23-24,26-28,31H2,2-8H3,(H,53,61)/t32?,35?,36?,42-,46?/m0/s1. The summed E-state index contributed by atoms with van der Waals surface area (Å²) in [4.78, 5) is 84.8. The number of aromatic nitrogens is 3. The van der Waals surface area contributed by atoms with E-state index in [0.717, 1.165) is 89.6 Å². The molecule has 15 nitrogen and oxygen atoms in total. The number of nitrogens with zero attached hydrogens (tertiary/aromatic N) is 6. The molecule has 5 atom stereocenters. The maximum Gasteiger partial charge on any atom is 0.337 e. The Morgan fingerprint density at radius 2 is 1.88 bits per heavy atom. The lowest BCUT2D eigenvalue weighted by Gasteiger charge is -2.34. The summed E-state index contributed by atoms with van der Waals surface area (Å²) in [6.07, 6.45) is 9.22. The van der Waals surface area contributed by atoms with Gasteiger partial charge in [0.15, 0.2) is 6.10 Å². The molecule has 16 heteroatoms. The van der Waals surface area contributed by atoms with Gasteiger partial charge in [0.2, 0.25) is 17.7 Å². The number of likely N-dealkylation sites (tertiary alicyclic amines) is 1. The quantitative estimate of drug-likeness (QED) is 0.0587. The molecule has 3 amide bonds. The third-order valence-electron chi connectivity index (χ3n) is 13.7. The smallest absolute Gasteiger partial charge is 0.337 e. The molecule has 7 rings (SSSR count). The van der Waals surface area contributed by atoms with Gasteiger partial charge in [-0.2, -0.15) is 5.06 Å². The molecule has 3 aromatic heterocycles. The van der Waals surface area contributed by atoms with Crippen molar-refractivity contribution < 1.29 is 38.3 Å². The monoisotopic (exact) mass is 937 g/mol. The van der Waals surface area contributed by atoms with Gasteiger partial charge in [-0.15, -0.1) is 11.3 Å². The SMILES string of the molecule is C=CC(=O)N1CCC(C(=O)N(C)C(C(=O)NC(C=O)Cc2nc(-c3ccc4c(c3)c(CC(C)(C)COC(=O)[C@@H]3CCCN(C)O3)c(-c3cccnc3C(C)OC)n4CC)cs2)C2CCCC2)C1. The maximum atomic E-state index is 14.1. The van der Waals surface area contributed by atoms with Crippen molar-refractivity contribution in [2.45, 2.75) is 116 Å². The average Bonchev–Trinajstić information content (AvgIpc) is 4.18. The Morgan fingerprint density at radius 1 is 1.10 bits per heavy atom. The number of benzene rings is 1. The summed E-state index contributed by atoms with van der Waals surface area (Å²) >= 11 is 1.43. The van der Waals surface area contributed by atoms with Crippen LogP contribution in [0, 0.1) is 17.3 Å². The predicted molar refractivity (Wildman–Crippen MR) is 258 cm³/mol. The number of hydroxylamine groups is 2. The number of fused-ring (bicyclic) bond motifs is 1. The number of thiazole rings is 1. The zero-order chi connectivity index (χ0) is 48.0. The molecular weight excluding hydrogens is 871 g/mol. The molecular formula is C51H67N7O8S. The van der Waals surface area contributed by atoms with Crippen LogP contribution in [-0.2, 0) is 57.7 Å². The Bertz CT molecular complexity index is 2440. The number of nitrogens with one attached hydrogen (secondary N) is 1. The van der Waals surface area contributed by atoms with Crippen LogP contribution in [0.15, 0.2) is 54.6 Å². The number of methoxy groups -OCH3 is 1. The van der Waals surface area contributed by atoms with Gasteiger partial charge in [-0.3, -0.25) is 24.2 Å². The molecule has 0 radical (unpaired) electrons. The number of rotatable bonds is 19. The minimum absolute atomic E-state index is 0.0323. The molecule has 3 aliphatic rings. The van der Waals surface area contributed by atoms with E-state index in [9.17, 15) is 24.0 Å². The van der Waals surface area contributed by atoms with Crippen LogP contribution >= 0.6 is 11.3 Å². The molecule has 1 aliphatic carbocycles. The molecule has 4 aromatic rings. The van der Waals surface area contributed by atoms with Crippen molar-refractivity contribution in [1.29, 1.82) is 0 Å². The van der Waals surface area contributed by atoms with Crippen LogP contribution in [0.5, 0.6) is 0 Å². The Balaban J connectivity index is 1.14. The molecule has 1 saturated carbocycles. The summed E-state index contributed by atoms with van der Waals surface area (Å²) in [5, 5.41) is 8.36. The Hall–Kier alpha value is -5.29. The van der Waals surface area contributed by atoms with Gasteiger partial charge in [0.05, 0.1) is 46.8 Å². The fourth-order valence-electron chi connectivity index (χ4n) is 10.1. The lowest BCUT2D eigenvalue weighted by atomic mass is 9.84. The van der Waals surface area contributed by atoms with Crippen molar-refractivity contribution in [1.82, 2.24) is 34.7 Å². The van der Waals surface area contributed by atoms with Crippen molar-refractivity contribution in [2.24, 2.45) is 17.3 Å². The van der Waals surface area contributed by atoms with Gasteiger partial charge in [0.1, 0.15) is 12.3 Å². The van der Waals surface area contributed by atoms with Crippen molar-refractivity contribution in [3.63, 3.8) is 0 Å². The highest BCUT2D eigenvalue weighted by molar-refractivity contribution is 7.10. The van der Waals surface area contributed by atoms with E-state index in [1.54, 1.807) is 35.2 Å². The summed E-state index contributed by atoms with van der Waals surface area (Å²) in [5.41, 5.74) is 6.09. The number of likely N-dealkylation sites (N-methyl/N-ethyl adjacent to an activating group) is 1. The minimum atomic E-state index is -0.855. The number of carbonyl (C=O) groups is 5. The number of aryl methyl sites for hydroxylation is 1. The highest BCUT2D eigenvalue weighted by Gasteiger charge is 2.41. The van der Waals surface area contributed by atoms with Gasteiger partial charge < -0.3 is 34.0 Å². The molecule has 360 valence electrons. The van der Waals surface area contributed by atoms with E-state index in [2.05, 4.69) is 61.5 Å². The average molecular weight is 938 g/mol. The zero-order valence-electron chi connectivity index (χ0n) is 40.1. The first-order chi connectivity index (χ1) is 32.2. The number of carbonyl (C=O) groups excluding carboxylic acids is 5. The molecule has 1 aromatic carbocycles. The Labute approximate surface area is 398 Å². The lowest BCUT2D eigenvalue weighted by molar-refractivity contribution is -0.221. The van der Waals surface area contributed by atoms with Crippen LogP contribution in [0.2, 0.25) is 0 Å². The van der Waals surface area contributed by atoms with E-state index in [1.807, 2.05) is 25.4 Å². The second kappa shape index (κ2) is 21.8. The second-order valence-electron chi connectivity index (χ2n) is 19.1. The summed E-state index contributed by atoms with van der Waals surface area (Å²) in [7, 11) is 5.18. The first-order valence-corrected chi connectivity index (χ1v) is 24.6. The van der Waals surface area contributed by atoms with E-state index in [0.29, 0.717) is 43.9 Å². The molecule has 67 heavy (non-hydrogen) atoms. The van der Waals surface area contributed by atoms with E-state index in [-0.39, 0.29) is 48.7 Å². The van der Waals surface area contributed by atoms with Gasteiger partial charge in [-0.25, -0.2) is 9.78 Å². The lowest BCUT2D eigenvalue weighted by Crippen LogP contribution is -2.55. The highest BCUT2D eigenvalue weighted by atomic mass is 32.1. The fraction of sp³-hybridized carbons (Fsp3) is 0.549. The van der Waals surface area contributed by atoms with Crippen LogP contribution in [0.1, 0.15) is 95.0 Å². The van der Waals surface area contributed by atoms with Crippen LogP contribution in [0.3, 0.4) is 0 Å². The van der Waals surface area contributed by atoms with E-state index < -0.39 is 29.5 Å². The molecule has 0 bridgehead atoms. The number of amides is 3. The summed E-state index contributed by atoms with van der Waals surface area (Å²) < 4.78 is 14.1. The van der Waals surface area contributed by atoms with E-state index in [1.165, 1.54) is 17.4 Å². The molecule has 5 heterocycles. The van der Waals surface area contributed by atoms with Gasteiger partial charge in [-0.1, -0.05) is 39.3 Å². The van der Waals surface area contributed by atoms with Crippen LogP contribution in [-0.4, -0.2) is 125 Å². The van der Waals surface area contributed by atoms with Crippen molar-refractivity contribution in [3.8, 4) is 22.5 Å². The summed E-state index contributed by atoms with van der Waals surface area (Å²) in [6.45, 7) is 14.3. The largest absolute Gasteiger partial charge is 0.463 e. The zero-order valence-corrected chi connectivity index (χ0v) is 40.9. The maximum absolute atomic E-state index is 14.1. The predicted octanol–water partition coefficient (Wildman–Crippen LogP) is 6.97. The number of ether oxygens (including phenoxy) is 2. The van der Waals surface area contributed by atoms with Crippen molar-refractivity contribution in [2.75, 3.05) is 47.4 Å². The molecule has 0 spiro atoms. The van der Waals surface area contributed by atoms with Gasteiger partial charge in [0, 0.05) is 92.8 Å². The summed E-state index contributed by atoms with van der Waals surface area (Å²) in [6, 6.07) is 8.79. The van der Waals surface area contributed by atoms with Crippen molar-refractivity contribution >= 4 is 52.2 Å². The van der Waals surface area contributed by atoms with Crippen LogP contribution in [0.4, 0.5) is 0 Å². The Morgan fingerprint density at radius 3 is 2.58 bits per heavy atom. The molecule has 2 aliphatic heterocycles. The molecule has 2 saturated heterocycles. The third kappa shape index (κ3) is 11.2. The number of esters is 1.